The van der Waals surface area contributed by atoms with Crippen LogP contribution in [-0.2, 0) is 0 Å². The number of pyridine rings is 2. The lowest BCUT2D eigenvalue weighted by Gasteiger charge is -1.90. The van der Waals surface area contributed by atoms with E-state index in [1.165, 1.54) is 11.1 Å². The van der Waals surface area contributed by atoms with Crippen LogP contribution in [0.25, 0.3) is 0 Å². The molecule has 3 aromatic rings. The van der Waals surface area contributed by atoms with Gasteiger partial charge in [-0.05, 0) is 38.1 Å². The van der Waals surface area contributed by atoms with Crippen LogP contribution < -0.4 is 0 Å². The van der Waals surface area contributed by atoms with Gasteiger partial charge in [-0.15, -0.1) is 0 Å². The minimum atomic E-state index is 1.33. The van der Waals surface area contributed by atoms with Crippen molar-refractivity contribution in [2.75, 3.05) is 0 Å². The lowest BCUT2D eigenvalue weighted by atomic mass is 10.2. The van der Waals surface area contributed by atoms with Gasteiger partial charge in [0, 0.05) is 24.8 Å². The fourth-order valence-corrected chi connectivity index (χ4v) is 1.26. The Morgan fingerprint density at radius 1 is 0.500 bits per heavy atom. The number of benzene rings is 1. The molecule has 0 aliphatic heterocycles. The second-order valence-corrected chi connectivity index (χ2v) is 4.20. The number of hydrogen-bond acceptors (Lipinski definition) is 2. The minimum absolute atomic E-state index is 1.33. The Morgan fingerprint density at radius 3 is 0.950 bits per heavy atom. The molecule has 0 bridgehead atoms. The number of hydrogen-bond donors (Lipinski definition) is 0. The molecule has 2 heteroatoms. The van der Waals surface area contributed by atoms with Gasteiger partial charge in [0.1, 0.15) is 0 Å². The largest absolute Gasteiger partial charge is 0.265 e. The summed E-state index contributed by atoms with van der Waals surface area (Å²) >= 11 is 0. The van der Waals surface area contributed by atoms with Crippen LogP contribution in [0.3, 0.4) is 0 Å². The highest BCUT2D eigenvalue weighted by Gasteiger charge is 1.79. The smallest absolute Gasteiger partial charge is 0.0267 e. The summed E-state index contributed by atoms with van der Waals surface area (Å²) in [7, 11) is 0. The lowest BCUT2D eigenvalue weighted by Crippen LogP contribution is -1.70. The first-order chi connectivity index (χ1) is 9.79. The fourth-order valence-electron chi connectivity index (χ4n) is 1.26. The van der Waals surface area contributed by atoms with E-state index in [9.17, 15) is 0 Å². The summed E-state index contributed by atoms with van der Waals surface area (Å²) in [6, 6.07) is 19.9. The topological polar surface area (TPSA) is 25.8 Å². The molecule has 20 heavy (non-hydrogen) atoms. The van der Waals surface area contributed by atoms with Crippen molar-refractivity contribution in [3.8, 4) is 0 Å². The molecular weight excluding hydrogens is 244 g/mol. The quantitative estimate of drug-likeness (QED) is 0.599. The van der Waals surface area contributed by atoms with Gasteiger partial charge in [-0.3, -0.25) is 9.97 Å². The number of rotatable bonds is 0. The van der Waals surface area contributed by atoms with Crippen LogP contribution in [0.5, 0.6) is 0 Å². The van der Waals surface area contributed by atoms with Gasteiger partial charge >= 0.3 is 0 Å². The zero-order valence-electron chi connectivity index (χ0n) is 12.0. The minimum Gasteiger partial charge on any atom is -0.265 e. The predicted molar refractivity (Wildman–Crippen MR) is 84.4 cm³/mol. The molecule has 3 rings (SSSR count). The van der Waals surface area contributed by atoms with E-state index >= 15 is 0 Å². The van der Waals surface area contributed by atoms with E-state index in [1.54, 1.807) is 24.8 Å². The van der Waals surface area contributed by atoms with E-state index < -0.39 is 0 Å². The Morgan fingerprint density at radius 2 is 0.800 bits per heavy atom. The second-order valence-electron chi connectivity index (χ2n) is 4.20. The second kappa shape index (κ2) is 10.4. The number of aryl methyl sites for hydroxylation is 2. The average molecular weight is 264 g/mol. The van der Waals surface area contributed by atoms with Gasteiger partial charge in [0.2, 0.25) is 0 Å². The molecule has 0 fully saturated rings. The maximum Gasteiger partial charge on any atom is 0.0267 e. The van der Waals surface area contributed by atoms with Crippen molar-refractivity contribution in [2.24, 2.45) is 0 Å². The van der Waals surface area contributed by atoms with Crippen LogP contribution >= 0.6 is 0 Å². The normalized spacial score (nSPS) is 8.50. The van der Waals surface area contributed by atoms with Crippen LogP contribution in [0, 0.1) is 13.8 Å². The maximum atomic E-state index is 3.78. The fraction of sp³-hybridized carbons (Fsp3) is 0.111. The van der Waals surface area contributed by atoms with E-state index in [0.29, 0.717) is 0 Å². The van der Waals surface area contributed by atoms with Gasteiger partial charge in [0.25, 0.3) is 0 Å². The van der Waals surface area contributed by atoms with E-state index in [1.807, 2.05) is 36.4 Å². The molecule has 0 amide bonds. The maximum absolute atomic E-state index is 3.78. The number of nitrogens with zero attached hydrogens (tertiary/aromatic N) is 2. The Hall–Kier alpha value is -2.48. The van der Waals surface area contributed by atoms with Gasteiger partial charge in [-0.1, -0.05) is 47.5 Å². The first-order valence-corrected chi connectivity index (χ1v) is 6.52. The molecule has 2 heterocycles. The Bertz CT molecular complexity index is 428. The molecule has 0 atom stereocenters. The zero-order valence-corrected chi connectivity index (χ0v) is 12.0. The van der Waals surface area contributed by atoms with Gasteiger partial charge < -0.3 is 0 Å². The number of aromatic nitrogens is 2. The Balaban J connectivity index is 0.000000152. The highest BCUT2D eigenvalue weighted by Crippen LogP contribution is 1.99. The van der Waals surface area contributed by atoms with Crippen LogP contribution in [0.2, 0.25) is 0 Å². The van der Waals surface area contributed by atoms with Crippen molar-refractivity contribution < 1.29 is 0 Å². The molecule has 0 radical (unpaired) electrons. The van der Waals surface area contributed by atoms with Gasteiger partial charge in [-0.25, -0.2) is 0 Å². The van der Waals surface area contributed by atoms with Gasteiger partial charge in [0.15, 0.2) is 0 Å². The molecule has 102 valence electrons. The molecule has 1 aromatic carbocycles. The Kier molecular flexibility index (Phi) is 8.13. The molecule has 0 aliphatic carbocycles. The van der Waals surface area contributed by atoms with Crippen molar-refractivity contribution in [1.29, 1.82) is 0 Å². The Labute approximate surface area is 121 Å². The van der Waals surface area contributed by atoms with Crippen LogP contribution in [0.1, 0.15) is 11.1 Å². The summed E-state index contributed by atoms with van der Waals surface area (Å²) < 4.78 is 0. The molecular formula is C18H20N2. The summed E-state index contributed by atoms with van der Waals surface area (Å²) in [5.41, 5.74) is 2.66. The van der Waals surface area contributed by atoms with Gasteiger partial charge in [-0.2, -0.15) is 0 Å². The highest BCUT2D eigenvalue weighted by molar-refractivity contribution is 5.19. The molecule has 0 spiro atoms. The third-order valence-corrected chi connectivity index (χ3v) is 2.35. The van der Waals surface area contributed by atoms with E-state index in [4.69, 9.17) is 0 Å². The SMILES string of the molecule is Cc1ccc(C)cc1.c1ccncc1.c1ccncc1. The standard InChI is InChI=1S/C8H10.2C5H5N/c1-7-3-5-8(2)6-4-7;2*1-2-4-6-5-3-1/h3-6H,1-2H3;2*1-5H. The van der Waals surface area contributed by atoms with Crippen molar-refractivity contribution in [3.63, 3.8) is 0 Å². The molecule has 2 aromatic heterocycles. The summed E-state index contributed by atoms with van der Waals surface area (Å²) in [5, 5.41) is 0. The summed E-state index contributed by atoms with van der Waals surface area (Å²) in [4.78, 5) is 7.57. The van der Waals surface area contributed by atoms with E-state index in [-0.39, 0.29) is 0 Å². The molecule has 0 saturated carbocycles. The average Bonchev–Trinajstić information content (AvgIpc) is 2.55. The van der Waals surface area contributed by atoms with Crippen molar-refractivity contribution in [2.45, 2.75) is 13.8 Å². The molecule has 2 nitrogen and oxygen atoms in total. The zero-order chi connectivity index (χ0) is 14.5. The molecule has 0 unspecified atom stereocenters. The third kappa shape index (κ3) is 8.59. The third-order valence-electron chi connectivity index (χ3n) is 2.35. The lowest BCUT2D eigenvalue weighted by molar-refractivity contribution is 1.33. The summed E-state index contributed by atoms with van der Waals surface area (Å²) in [5.74, 6) is 0. The first-order valence-electron chi connectivity index (χ1n) is 6.52. The molecule has 0 saturated heterocycles. The first kappa shape index (κ1) is 15.6. The monoisotopic (exact) mass is 264 g/mol. The van der Waals surface area contributed by atoms with Crippen LogP contribution in [-0.4, -0.2) is 9.97 Å². The van der Waals surface area contributed by atoms with Crippen LogP contribution in [0.4, 0.5) is 0 Å². The summed E-state index contributed by atoms with van der Waals surface area (Å²) in [6.45, 7) is 4.19. The molecule has 0 aliphatic rings. The van der Waals surface area contributed by atoms with Crippen molar-refractivity contribution in [3.05, 3.63) is 96.6 Å². The highest BCUT2D eigenvalue weighted by atomic mass is 14.6. The summed E-state index contributed by atoms with van der Waals surface area (Å²) in [6.07, 6.45) is 7.00. The molecule has 0 N–H and O–H groups in total. The van der Waals surface area contributed by atoms with Crippen LogP contribution in [0.15, 0.2) is 85.5 Å². The van der Waals surface area contributed by atoms with Crippen molar-refractivity contribution >= 4 is 0 Å². The van der Waals surface area contributed by atoms with E-state index in [2.05, 4.69) is 48.1 Å². The predicted octanol–water partition coefficient (Wildman–Crippen LogP) is 4.47. The van der Waals surface area contributed by atoms with E-state index in [0.717, 1.165) is 0 Å². The van der Waals surface area contributed by atoms with Gasteiger partial charge in [0.05, 0.1) is 0 Å². The van der Waals surface area contributed by atoms with Crippen molar-refractivity contribution in [1.82, 2.24) is 9.97 Å².